The molecule has 0 bridgehead atoms. The minimum absolute atomic E-state index is 0.0255. The Morgan fingerprint density at radius 1 is 1.44 bits per heavy atom. The van der Waals surface area contributed by atoms with Gasteiger partial charge in [-0.2, -0.15) is 0 Å². The maximum Gasteiger partial charge on any atom is 0.248 e. The van der Waals surface area contributed by atoms with E-state index >= 15 is 0 Å². The predicted octanol–water partition coefficient (Wildman–Crippen LogP) is 0.784. The Morgan fingerprint density at radius 3 is 2.78 bits per heavy atom. The zero-order valence-corrected chi connectivity index (χ0v) is 10.3. The molecule has 0 radical (unpaired) electrons. The van der Waals surface area contributed by atoms with Gasteiger partial charge in [0.05, 0.1) is 6.04 Å². The highest BCUT2D eigenvalue weighted by atomic mass is 16.2. The Kier molecular flexibility index (Phi) is 3.62. The smallest absolute Gasteiger partial charge is 0.248 e. The van der Waals surface area contributed by atoms with Gasteiger partial charge in [0.1, 0.15) is 0 Å². The second-order valence-electron chi connectivity index (χ2n) is 4.53. The molecule has 0 aromatic heterocycles. The van der Waals surface area contributed by atoms with E-state index < -0.39 is 5.91 Å². The minimum Gasteiger partial charge on any atom is -0.366 e. The van der Waals surface area contributed by atoms with Gasteiger partial charge in [-0.3, -0.25) is 9.59 Å². The van der Waals surface area contributed by atoms with Crippen LogP contribution in [0.3, 0.4) is 0 Å². The monoisotopic (exact) mass is 247 g/mol. The normalized spacial score (nSPS) is 18.6. The van der Waals surface area contributed by atoms with Gasteiger partial charge in [0.25, 0.3) is 0 Å². The fourth-order valence-corrected chi connectivity index (χ4v) is 2.09. The van der Waals surface area contributed by atoms with E-state index in [1.54, 1.807) is 18.2 Å². The first-order valence-electron chi connectivity index (χ1n) is 6.02. The maximum atomic E-state index is 11.9. The Labute approximate surface area is 106 Å². The van der Waals surface area contributed by atoms with Gasteiger partial charge in [0.15, 0.2) is 0 Å². The highest BCUT2D eigenvalue weighted by Gasteiger charge is 2.22. The summed E-state index contributed by atoms with van der Waals surface area (Å²) in [5.74, 6) is -0.490. The molecule has 1 aromatic rings. The molecule has 5 heteroatoms. The molecule has 1 saturated heterocycles. The molecule has 0 spiro atoms. The molecule has 1 aliphatic rings. The molecule has 0 aliphatic carbocycles. The number of carbonyl (C=O) groups excluding carboxylic acids is 2. The lowest BCUT2D eigenvalue weighted by Crippen LogP contribution is -2.35. The zero-order valence-electron chi connectivity index (χ0n) is 10.3. The molecule has 18 heavy (non-hydrogen) atoms. The van der Waals surface area contributed by atoms with Crippen molar-refractivity contribution in [3.63, 3.8) is 0 Å². The molecule has 1 aliphatic heterocycles. The number of aryl methyl sites for hydroxylation is 1. The van der Waals surface area contributed by atoms with Gasteiger partial charge in [-0.15, -0.1) is 0 Å². The number of nitrogens with two attached hydrogens (primary N) is 1. The maximum absolute atomic E-state index is 11.9. The van der Waals surface area contributed by atoms with Gasteiger partial charge in [0, 0.05) is 11.3 Å². The van der Waals surface area contributed by atoms with Crippen molar-refractivity contribution in [2.75, 3.05) is 11.9 Å². The number of rotatable bonds is 3. The number of hydrogen-bond acceptors (Lipinski definition) is 3. The highest BCUT2D eigenvalue weighted by molar-refractivity contribution is 5.97. The van der Waals surface area contributed by atoms with Crippen LogP contribution in [0, 0.1) is 6.92 Å². The number of amides is 2. The molecule has 2 amide bonds. The first kappa shape index (κ1) is 12.6. The van der Waals surface area contributed by atoms with Gasteiger partial charge in [-0.05, 0) is 50.1 Å². The molecule has 1 aromatic carbocycles. The minimum atomic E-state index is -0.464. The molecule has 4 N–H and O–H groups in total. The van der Waals surface area contributed by atoms with Gasteiger partial charge < -0.3 is 16.4 Å². The molecule has 0 saturated carbocycles. The van der Waals surface area contributed by atoms with Crippen LogP contribution in [0.4, 0.5) is 5.69 Å². The summed E-state index contributed by atoms with van der Waals surface area (Å²) >= 11 is 0. The van der Waals surface area contributed by atoms with E-state index in [9.17, 15) is 9.59 Å². The third-order valence-electron chi connectivity index (χ3n) is 3.15. The molecule has 5 nitrogen and oxygen atoms in total. The van der Waals surface area contributed by atoms with Crippen molar-refractivity contribution >= 4 is 17.5 Å². The van der Waals surface area contributed by atoms with Crippen LogP contribution >= 0.6 is 0 Å². The molecule has 0 unspecified atom stereocenters. The van der Waals surface area contributed by atoms with Crippen molar-refractivity contribution in [1.82, 2.24) is 5.32 Å². The number of primary amides is 1. The fourth-order valence-electron chi connectivity index (χ4n) is 2.09. The molecule has 1 fully saturated rings. The first-order valence-corrected chi connectivity index (χ1v) is 6.02. The number of carbonyl (C=O) groups is 2. The van der Waals surface area contributed by atoms with Crippen LogP contribution in [0.1, 0.15) is 28.8 Å². The Morgan fingerprint density at radius 2 is 2.22 bits per heavy atom. The number of anilines is 1. The van der Waals surface area contributed by atoms with Crippen LogP contribution in [0.15, 0.2) is 18.2 Å². The summed E-state index contributed by atoms with van der Waals surface area (Å²) in [5.41, 5.74) is 7.20. The summed E-state index contributed by atoms with van der Waals surface area (Å²) in [5, 5.41) is 6.00. The lowest BCUT2D eigenvalue weighted by Gasteiger charge is -2.13. The average molecular weight is 247 g/mol. The van der Waals surface area contributed by atoms with E-state index in [1.807, 2.05) is 6.92 Å². The van der Waals surface area contributed by atoms with Crippen LogP contribution in [0.2, 0.25) is 0 Å². The lowest BCUT2D eigenvalue weighted by atomic mass is 10.1. The second-order valence-corrected chi connectivity index (χ2v) is 4.53. The SMILES string of the molecule is Cc1cc(C(N)=O)ccc1NC(=O)[C@@H]1CCCN1. The summed E-state index contributed by atoms with van der Waals surface area (Å²) in [6, 6.07) is 4.90. The van der Waals surface area contributed by atoms with Gasteiger partial charge >= 0.3 is 0 Å². The lowest BCUT2D eigenvalue weighted by molar-refractivity contribution is -0.117. The molecule has 1 heterocycles. The number of nitrogens with one attached hydrogen (secondary N) is 2. The summed E-state index contributed by atoms with van der Waals surface area (Å²) in [4.78, 5) is 22.9. The molecule has 96 valence electrons. The van der Waals surface area contributed by atoms with Crippen molar-refractivity contribution in [1.29, 1.82) is 0 Å². The van der Waals surface area contributed by atoms with E-state index in [1.165, 1.54) is 0 Å². The van der Waals surface area contributed by atoms with Crippen molar-refractivity contribution in [3.05, 3.63) is 29.3 Å². The first-order chi connectivity index (χ1) is 8.58. The summed E-state index contributed by atoms with van der Waals surface area (Å²) in [7, 11) is 0. The van der Waals surface area contributed by atoms with Gasteiger partial charge in [0.2, 0.25) is 11.8 Å². The van der Waals surface area contributed by atoms with Crippen molar-refractivity contribution in [3.8, 4) is 0 Å². The summed E-state index contributed by atoms with van der Waals surface area (Å²) < 4.78 is 0. The van der Waals surface area contributed by atoms with E-state index in [4.69, 9.17) is 5.73 Å². The van der Waals surface area contributed by atoms with Crippen LogP contribution in [-0.4, -0.2) is 24.4 Å². The highest BCUT2D eigenvalue weighted by Crippen LogP contribution is 2.17. The Balaban J connectivity index is 2.09. The van der Waals surface area contributed by atoms with Crippen LogP contribution in [0.5, 0.6) is 0 Å². The fraction of sp³-hybridized carbons (Fsp3) is 0.385. The third-order valence-corrected chi connectivity index (χ3v) is 3.15. The van der Waals surface area contributed by atoms with Crippen LogP contribution in [0.25, 0.3) is 0 Å². The van der Waals surface area contributed by atoms with E-state index in [0.29, 0.717) is 5.56 Å². The predicted molar refractivity (Wildman–Crippen MR) is 69.4 cm³/mol. The van der Waals surface area contributed by atoms with Gasteiger partial charge in [-0.1, -0.05) is 0 Å². The van der Waals surface area contributed by atoms with E-state index in [2.05, 4.69) is 10.6 Å². The van der Waals surface area contributed by atoms with E-state index in [0.717, 1.165) is 30.6 Å². The molecular weight excluding hydrogens is 230 g/mol. The van der Waals surface area contributed by atoms with Crippen molar-refractivity contribution in [2.45, 2.75) is 25.8 Å². The Bertz CT molecular complexity index is 479. The molecule has 1 atom stereocenters. The zero-order chi connectivity index (χ0) is 13.1. The van der Waals surface area contributed by atoms with Crippen molar-refractivity contribution in [2.24, 2.45) is 5.73 Å². The van der Waals surface area contributed by atoms with Crippen LogP contribution < -0.4 is 16.4 Å². The molecule has 2 rings (SSSR count). The number of benzene rings is 1. The van der Waals surface area contributed by atoms with E-state index in [-0.39, 0.29) is 11.9 Å². The van der Waals surface area contributed by atoms with Crippen LogP contribution in [-0.2, 0) is 4.79 Å². The second kappa shape index (κ2) is 5.18. The Hall–Kier alpha value is -1.88. The number of hydrogen-bond donors (Lipinski definition) is 3. The average Bonchev–Trinajstić information content (AvgIpc) is 2.85. The summed E-state index contributed by atoms with van der Waals surface area (Å²) in [6.07, 6.45) is 1.89. The quantitative estimate of drug-likeness (QED) is 0.738. The molecular formula is C13H17N3O2. The largest absolute Gasteiger partial charge is 0.366 e. The standard InChI is InChI=1S/C13H17N3O2/c1-8-7-9(12(14)17)4-5-10(8)16-13(18)11-3-2-6-15-11/h4-5,7,11,15H,2-3,6H2,1H3,(H2,14,17)(H,16,18)/t11-/m0/s1. The summed E-state index contributed by atoms with van der Waals surface area (Å²) in [6.45, 7) is 2.72. The van der Waals surface area contributed by atoms with Gasteiger partial charge in [-0.25, -0.2) is 0 Å². The topological polar surface area (TPSA) is 84.2 Å². The third kappa shape index (κ3) is 2.68. The van der Waals surface area contributed by atoms with Crippen molar-refractivity contribution < 1.29 is 9.59 Å².